The number of allylic oxidation sites excluding steroid dienone is 1. The molecule has 0 spiro atoms. The van der Waals surface area contributed by atoms with E-state index in [4.69, 9.17) is 4.74 Å². The summed E-state index contributed by atoms with van der Waals surface area (Å²) in [6.07, 6.45) is 1.33. The first-order valence-electron chi connectivity index (χ1n) is 4.43. The summed E-state index contributed by atoms with van der Waals surface area (Å²) in [5.74, 6) is 1.64. The fourth-order valence-electron chi connectivity index (χ4n) is 1.12. The van der Waals surface area contributed by atoms with Crippen molar-refractivity contribution >= 4 is 18.2 Å². The lowest BCUT2D eigenvalue weighted by molar-refractivity contribution is 0.289. The van der Waals surface area contributed by atoms with Crippen LogP contribution in [-0.4, -0.2) is 18.2 Å². The lowest BCUT2D eigenvalue weighted by Crippen LogP contribution is -1.99. The highest BCUT2D eigenvalue weighted by Gasteiger charge is 2.07. The SMILES string of the molecule is O=C=C1C=NC(OCc2ccccc2)=N1. The van der Waals surface area contributed by atoms with Gasteiger partial charge in [-0.3, -0.25) is 0 Å². The fourth-order valence-corrected chi connectivity index (χ4v) is 1.12. The van der Waals surface area contributed by atoms with Gasteiger partial charge >= 0.3 is 6.02 Å². The zero-order valence-corrected chi connectivity index (χ0v) is 7.88. The molecule has 1 aliphatic rings. The van der Waals surface area contributed by atoms with E-state index in [1.807, 2.05) is 30.3 Å². The molecule has 0 aromatic heterocycles. The van der Waals surface area contributed by atoms with Gasteiger partial charge in [0.15, 0.2) is 11.6 Å². The summed E-state index contributed by atoms with van der Waals surface area (Å²) in [5.41, 5.74) is 1.19. The third kappa shape index (κ3) is 2.39. The van der Waals surface area contributed by atoms with Gasteiger partial charge in [-0.15, -0.1) is 0 Å². The first-order valence-corrected chi connectivity index (χ1v) is 4.43. The fraction of sp³-hybridized carbons (Fsp3) is 0.0909. The van der Waals surface area contributed by atoms with Crippen molar-refractivity contribution in [2.75, 3.05) is 0 Å². The van der Waals surface area contributed by atoms with E-state index in [2.05, 4.69) is 9.98 Å². The quantitative estimate of drug-likeness (QED) is 0.677. The Morgan fingerprint density at radius 1 is 1.27 bits per heavy atom. The summed E-state index contributed by atoms with van der Waals surface area (Å²) in [4.78, 5) is 17.8. The third-order valence-electron chi connectivity index (χ3n) is 1.83. The van der Waals surface area contributed by atoms with Crippen LogP contribution in [0.25, 0.3) is 0 Å². The van der Waals surface area contributed by atoms with Crippen molar-refractivity contribution in [3.05, 3.63) is 41.6 Å². The number of nitrogens with zero attached hydrogens (tertiary/aromatic N) is 2. The first kappa shape index (κ1) is 9.37. The van der Waals surface area contributed by atoms with Gasteiger partial charge in [-0.1, -0.05) is 30.3 Å². The van der Waals surface area contributed by atoms with E-state index < -0.39 is 0 Å². The van der Waals surface area contributed by atoms with Crippen molar-refractivity contribution in [1.82, 2.24) is 0 Å². The highest BCUT2D eigenvalue weighted by Crippen LogP contribution is 2.05. The van der Waals surface area contributed by atoms with Crippen LogP contribution < -0.4 is 0 Å². The zero-order chi connectivity index (χ0) is 10.5. The van der Waals surface area contributed by atoms with Gasteiger partial charge in [0.25, 0.3) is 0 Å². The maximum atomic E-state index is 10.2. The van der Waals surface area contributed by atoms with Crippen LogP contribution >= 0.6 is 0 Å². The first-order chi connectivity index (χ1) is 7.38. The minimum absolute atomic E-state index is 0.165. The molecule has 0 amide bonds. The number of rotatable bonds is 2. The van der Waals surface area contributed by atoms with Crippen molar-refractivity contribution in [3.8, 4) is 0 Å². The summed E-state index contributed by atoms with van der Waals surface area (Å²) >= 11 is 0. The number of ether oxygens (including phenoxy) is 1. The molecule has 4 nitrogen and oxygen atoms in total. The van der Waals surface area contributed by atoms with Gasteiger partial charge in [-0.2, -0.15) is 4.99 Å². The van der Waals surface area contributed by atoms with Crippen LogP contribution in [-0.2, 0) is 16.1 Å². The van der Waals surface area contributed by atoms with Gasteiger partial charge in [0.2, 0.25) is 0 Å². The number of hydrogen-bond donors (Lipinski definition) is 0. The molecule has 0 unspecified atom stereocenters. The minimum Gasteiger partial charge on any atom is -0.459 e. The van der Waals surface area contributed by atoms with Gasteiger partial charge < -0.3 is 4.74 Å². The molecule has 1 aromatic carbocycles. The molecule has 0 atom stereocenters. The predicted octanol–water partition coefficient (Wildman–Crippen LogP) is 1.36. The topological polar surface area (TPSA) is 51.0 Å². The second kappa shape index (κ2) is 4.35. The predicted molar refractivity (Wildman–Crippen MR) is 56.4 cm³/mol. The standard InChI is InChI=1S/C11H8N2O2/c14-7-10-6-12-11(13-10)15-8-9-4-2-1-3-5-9/h1-6H,8H2. The molecule has 1 aromatic rings. The molecule has 4 heteroatoms. The summed E-state index contributed by atoms with van der Waals surface area (Å²) in [6, 6.07) is 9.87. The van der Waals surface area contributed by atoms with Crippen molar-refractivity contribution in [3.63, 3.8) is 0 Å². The lowest BCUT2D eigenvalue weighted by atomic mass is 10.2. The Morgan fingerprint density at radius 3 is 2.73 bits per heavy atom. The summed E-state index contributed by atoms with van der Waals surface area (Å²) < 4.78 is 5.27. The maximum Gasteiger partial charge on any atom is 0.318 e. The molecule has 0 saturated carbocycles. The van der Waals surface area contributed by atoms with Gasteiger partial charge in [0.1, 0.15) is 6.61 Å². The number of carbonyl (C=O) groups excluding carboxylic acids is 1. The monoisotopic (exact) mass is 200 g/mol. The highest BCUT2D eigenvalue weighted by molar-refractivity contribution is 6.02. The average molecular weight is 200 g/mol. The van der Waals surface area contributed by atoms with Crippen LogP contribution in [0.15, 0.2) is 46.0 Å². The smallest absolute Gasteiger partial charge is 0.318 e. The zero-order valence-electron chi connectivity index (χ0n) is 7.88. The molecular formula is C11H8N2O2. The second-order valence-electron chi connectivity index (χ2n) is 2.91. The van der Waals surface area contributed by atoms with Gasteiger partial charge in [-0.05, 0) is 5.56 Å². The van der Waals surface area contributed by atoms with Crippen molar-refractivity contribution in [2.24, 2.45) is 9.98 Å². The summed E-state index contributed by atoms with van der Waals surface area (Å²) in [6.45, 7) is 0.392. The normalized spacial score (nSPS) is 13.6. The van der Waals surface area contributed by atoms with Crippen LogP contribution in [0.4, 0.5) is 0 Å². The molecule has 74 valence electrons. The van der Waals surface area contributed by atoms with E-state index in [1.165, 1.54) is 6.21 Å². The third-order valence-corrected chi connectivity index (χ3v) is 1.83. The van der Waals surface area contributed by atoms with Crippen LogP contribution in [0, 0.1) is 0 Å². The van der Waals surface area contributed by atoms with E-state index in [0.717, 1.165) is 5.56 Å². The van der Waals surface area contributed by atoms with E-state index in [0.29, 0.717) is 6.61 Å². The second-order valence-corrected chi connectivity index (χ2v) is 2.91. The Bertz CT molecular complexity index is 457. The largest absolute Gasteiger partial charge is 0.459 e. The summed E-state index contributed by atoms with van der Waals surface area (Å²) in [7, 11) is 0. The van der Waals surface area contributed by atoms with E-state index in [-0.39, 0.29) is 11.7 Å². The van der Waals surface area contributed by atoms with Crippen LogP contribution in [0.5, 0.6) is 0 Å². The number of benzene rings is 1. The van der Waals surface area contributed by atoms with Crippen LogP contribution in [0.1, 0.15) is 5.56 Å². The van der Waals surface area contributed by atoms with E-state index >= 15 is 0 Å². The maximum absolute atomic E-state index is 10.2. The highest BCUT2D eigenvalue weighted by atomic mass is 16.5. The average Bonchev–Trinajstić information content (AvgIpc) is 2.76. The molecule has 1 heterocycles. The molecule has 0 saturated heterocycles. The Labute approximate surface area is 86.6 Å². The molecule has 0 bridgehead atoms. The van der Waals surface area contributed by atoms with Crippen LogP contribution in [0.2, 0.25) is 0 Å². The number of aliphatic imine (C=N–C) groups is 2. The van der Waals surface area contributed by atoms with Crippen LogP contribution in [0.3, 0.4) is 0 Å². The molecule has 0 radical (unpaired) electrons. The van der Waals surface area contributed by atoms with Crippen molar-refractivity contribution < 1.29 is 9.53 Å². The number of hydrogen-bond acceptors (Lipinski definition) is 4. The lowest BCUT2D eigenvalue weighted by Gasteiger charge is -2.01. The summed E-state index contributed by atoms with van der Waals surface area (Å²) in [5, 5.41) is 0. The number of amidine groups is 1. The van der Waals surface area contributed by atoms with E-state index in [1.54, 1.807) is 5.94 Å². The molecule has 0 N–H and O–H groups in total. The molecule has 0 fully saturated rings. The minimum atomic E-state index is 0.165. The Balaban J connectivity index is 1.96. The van der Waals surface area contributed by atoms with Gasteiger partial charge in [-0.25, -0.2) is 9.79 Å². The van der Waals surface area contributed by atoms with Gasteiger partial charge in [0.05, 0.1) is 6.21 Å². The van der Waals surface area contributed by atoms with E-state index in [9.17, 15) is 4.79 Å². The molecule has 15 heavy (non-hydrogen) atoms. The van der Waals surface area contributed by atoms with Crippen molar-refractivity contribution in [2.45, 2.75) is 6.61 Å². The molecular weight excluding hydrogens is 192 g/mol. The molecule has 2 rings (SSSR count). The molecule has 0 aliphatic carbocycles. The van der Waals surface area contributed by atoms with Gasteiger partial charge in [0, 0.05) is 0 Å². The van der Waals surface area contributed by atoms with Crippen molar-refractivity contribution in [1.29, 1.82) is 0 Å². The molecule has 1 aliphatic heterocycles. The Kier molecular flexibility index (Phi) is 2.72. The Morgan fingerprint density at radius 2 is 2.07 bits per heavy atom. The Hall–Kier alpha value is -2.19.